The second kappa shape index (κ2) is 6.32. The Morgan fingerprint density at radius 3 is 2.47 bits per heavy atom. The molecule has 17 heavy (non-hydrogen) atoms. The van der Waals surface area contributed by atoms with Crippen molar-refractivity contribution in [2.45, 2.75) is 58.3 Å². The third-order valence-corrected chi connectivity index (χ3v) is 6.15. The maximum atomic E-state index is 5.73. The Hall–Kier alpha value is 0.0969. The van der Waals surface area contributed by atoms with Gasteiger partial charge in [-0.1, -0.05) is 6.92 Å². The fourth-order valence-electron chi connectivity index (χ4n) is 2.86. The van der Waals surface area contributed by atoms with E-state index in [1.165, 1.54) is 19.3 Å². The molecule has 4 unspecified atom stereocenters. The molecule has 99 valence electrons. The van der Waals surface area contributed by atoms with Gasteiger partial charge >= 0.3 is 9.28 Å². The van der Waals surface area contributed by atoms with Crippen LogP contribution in [0.1, 0.15) is 40.0 Å². The molecule has 1 aliphatic carbocycles. The molecule has 0 amide bonds. The maximum Gasteiger partial charge on any atom is 0.384 e. The molecule has 4 heteroatoms. The van der Waals surface area contributed by atoms with Crippen LogP contribution in [0.15, 0.2) is 0 Å². The summed E-state index contributed by atoms with van der Waals surface area (Å²) in [6.07, 6.45) is 5.06. The third-order valence-electron chi connectivity index (χ3n) is 3.95. The summed E-state index contributed by atoms with van der Waals surface area (Å²) in [5.74, 6) is 1.53. The lowest BCUT2D eigenvalue weighted by atomic mass is 9.82. The quantitative estimate of drug-likeness (QED) is 0.519. The van der Waals surface area contributed by atoms with E-state index in [1.807, 2.05) is 0 Å². The first kappa shape index (κ1) is 13.5. The van der Waals surface area contributed by atoms with Gasteiger partial charge in [-0.05, 0) is 51.0 Å². The van der Waals surface area contributed by atoms with E-state index < -0.39 is 9.28 Å². The highest BCUT2D eigenvalue weighted by Crippen LogP contribution is 2.43. The van der Waals surface area contributed by atoms with Gasteiger partial charge < -0.3 is 13.6 Å². The lowest BCUT2D eigenvalue weighted by Crippen LogP contribution is -2.29. The topological polar surface area (TPSA) is 31.0 Å². The molecule has 0 spiro atoms. The number of hydrogen-bond donors (Lipinski definition) is 0. The van der Waals surface area contributed by atoms with Gasteiger partial charge in [0, 0.05) is 13.2 Å². The van der Waals surface area contributed by atoms with Gasteiger partial charge in [0.15, 0.2) is 0 Å². The van der Waals surface area contributed by atoms with E-state index in [1.54, 1.807) is 0 Å². The van der Waals surface area contributed by atoms with Crippen molar-refractivity contribution in [1.29, 1.82) is 0 Å². The summed E-state index contributed by atoms with van der Waals surface area (Å²) in [4.78, 5) is 0. The van der Waals surface area contributed by atoms with Gasteiger partial charge in [0.25, 0.3) is 0 Å². The molecule has 1 saturated heterocycles. The minimum atomic E-state index is -1.04. The Morgan fingerprint density at radius 1 is 1.18 bits per heavy atom. The predicted molar refractivity (Wildman–Crippen MR) is 69.0 cm³/mol. The van der Waals surface area contributed by atoms with Gasteiger partial charge in [-0.25, -0.2) is 0 Å². The zero-order valence-corrected chi connectivity index (χ0v) is 12.3. The van der Waals surface area contributed by atoms with Crippen LogP contribution in [0, 0.1) is 11.8 Å². The van der Waals surface area contributed by atoms with Crippen LogP contribution < -0.4 is 0 Å². The van der Waals surface area contributed by atoms with Crippen LogP contribution in [0.5, 0.6) is 0 Å². The van der Waals surface area contributed by atoms with E-state index in [2.05, 4.69) is 20.8 Å². The second-order valence-corrected chi connectivity index (χ2v) is 6.94. The zero-order valence-electron chi connectivity index (χ0n) is 11.3. The van der Waals surface area contributed by atoms with Crippen molar-refractivity contribution in [3.05, 3.63) is 0 Å². The molecule has 2 aliphatic rings. The monoisotopic (exact) mass is 257 g/mol. The molecule has 1 saturated carbocycles. The summed E-state index contributed by atoms with van der Waals surface area (Å²) in [6.45, 7) is 8.02. The highest BCUT2D eigenvalue weighted by Gasteiger charge is 2.45. The predicted octanol–water partition coefficient (Wildman–Crippen LogP) is 2.75. The lowest BCUT2D eigenvalue weighted by molar-refractivity contribution is 0.198. The molecule has 0 N–H and O–H groups in total. The van der Waals surface area contributed by atoms with Crippen molar-refractivity contribution < 1.29 is 13.6 Å². The number of rotatable bonds is 7. The molecule has 2 rings (SSSR count). The summed E-state index contributed by atoms with van der Waals surface area (Å²) < 4.78 is 17.1. The minimum Gasteiger partial charge on any atom is -0.394 e. The van der Waals surface area contributed by atoms with Crippen molar-refractivity contribution >= 4 is 9.28 Å². The highest BCUT2D eigenvalue weighted by molar-refractivity contribution is 6.44. The van der Waals surface area contributed by atoms with E-state index in [9.17, 15) is 0 Å². The van der Waals surface area contributed by atoms with E-state index in [-0.39, 0.29) is 0 Å². The van der Waals surface area contributed by atoms with Crippen LogP contribution >= 0.6 is 0 Å². The number of hydrogen-bond acceptors (Lipinski definition) is 3. The van der Waals surface area contributed by atoms with Gasteiger partial charge in [-0.2, -0.15) is 0 Å². The van der Waals surface area contributed by atoms with Gasteiger partial charge in [0.2, 0.25) is 0 Å². The smallest absolute Gasteiger partial charge is 0.384 e. The van der Waals surface area contributed by atoms with Crippen molar-refractivity contribution in [3.8, 4) is 0 Å². The third kappa shape index (κ3) is 3.78. The normalized spacial score (nSPS) is 33.5. The van der Waals surface area contributed by atoms with Crippen molar-refractivity contribution in [2.24, 2.45) is 11.8 Å². The molecular weight excluding hydrogens is 232 g/mol. The first-order chi connectivity index (χ1) is 8.24. The summed E-state index contributed by atoms with van der Waals surface area (Å²) in [5.41, 5.74) is 0. The molecule has 0 aromatic carbocycles. The minimum absolute atomic E-state index is 0.589. The van der Waals surface area contributed by atoms with Crippen LogP contribution in [0.2, 0.25) is 6.04 Å². The Bertz CT molecular complexity index is 231. The van der Waals surface area contributed by atoms with Crippen LogP contribution in [-0.2, 0) is 13.6 Å². The molecule has 0 aromatic heterocycles. The van der Waals surface area contributed by atoms with Gasteiger partial charge in [-0.3, -0.25) is 0 Å². The van der Waals surface area contributed by atoms with Crippen molar-refractivity contribution in [2.75, 3.05) is 13.2 Å². The standard InChI is InChI=1S/C13H25O3Si/c1-4-14-17(15-5-2)9-10(3)11-6-7-12-13(8-11)16-12/h10-13H,4-9H2,1-3H3. The number of ether oxygens (including phenoxy) is 1. The van der Waals surface area contributed by atoms with E-state index >= 15 is 0 Å². The summed E-state index contributed by atoms with van der Waals surface area (Å²) in [6, 6.07) is 1.12. The highest BCUT2D eigenvalue weighted by atomic mass is 28.3. The van der Waals surface area contributed by atoms with Crippen LogP contribution in [0.25, 0.3) is 0 Å². The maximum absolute atomic E-state index is 5.73. The largest absolute Gasteiger partial charge is 0.394 e. The molecule has 2 fully saturated rings. The van der Waals surface area contributed by atoms with Gasteiger partial charge in [0.1, 0.15) is 0 Å². The summed E-state index contributed by atoms with van der Waals surface area (Å²) in [5, 5.41) is 0. The molecule has 3 nitrogen and oxygen atoms in total. The summed E-state index contributed by atoms with van der Waals surface area (Å²) in [7, 11) is -1.04. The van der Waals surface area contributed by atoms with E-state index in [0.717, 1.165) is 25.2 Å². The van der Waals surface area contributed by atoms with Crippen LogP contribution in [-0.4, -0.2) is 34.7 Å². The lowest BCUT2D eigenvalue weighted by Gasteiger charge is -2.27. The molecule has 1 aliphatic heterocycles. The SMILES string of the molecule is CCO[Si](CC(C)C1CCC2OC2C1)OCC. The Kier molecular flexibility index (Phi) is 5.03. The average Bonchev–Trinajstić information content (AvgIpc) is 3.07. The molecular formula is C13H25O3Si. The number of epoxide rings is 1. The molecule has 0 aromatic rings. The van der Waals surface area contributed by atoms with Crippen molar-refractivity contribution in [1.82, 2.24) is 0 Å². The number of fused-ring (bicyclic) bond motifs is 1. The molecule has 0 bridgehead atoms. The molecule has 1 heterocycles. The Morgan fingerprint density at radius 2 is 1.88 bits per heavy atom. The zero-order chi connectivity index (χ0) is 12.3. The first-order valence-corrected chi connectivity index (χ1v) is 8.53. The Labute approximate surface area is 107 Å². The van der Waals surface area contributed by atoms with Gasteiger partial charge in [-0.15, -0.1) is 0 Å². The average molecular weight is 257 g/mol. The van der Waals surface area contributed by atoms with Crippen LogP contribution in [0.4, 0.5) is 0 Å². The Balaban J connectivity index is 1.75. The van der Waals surface area contributed by atoms with Crippen molar-refractivity contribution in [3.63, 3.8) is 0 Å². The fourth-order valence-corrected chi connectivity index (χ4v) is 4.68. The van der Waals surface area contributed by atoms with E-state index in [0.29, 0.717) is 18.1 Å². The first-order valence-electron chi connectivity index (χ1n) is 7.01. The molecule has 4 atom stereocenters. The second-order valence-electron chi connectivity index (χ2n) is 5.21. The van der Waals surface area contributed by atoms with E-state index in [4.69, 9.17) is 13.6 Å². The van der Waals surface area contributed by atoms with Crippen LogP contribution in [0.3, 0.4) is 0 Å². The molecule has 1 radical (unpaired) electrons. The fraction of sp³-hybridized carbons (Fsp3) is 1.00. The summed E-state index contributed by atoms with van der Waals surface area (Å²) >= 11 is 0. The van der Waals surface area contributed by atoms with Gasteiger partial charge in [0.05, 0.1) is 12.2 Å².